The number of anilines is 2. The molecule has 1 rings (SSSR count). The topological polar surface area (TPSA) is 91.8 Å². The number of carbonyl (C=O) groups is 1. The Morgan fingerprint density at radius 3 is 2.41 bits per heavy atom. The van der Waals surface area contributed by atoms with Gasteiger partial charge < -0.3 is 10.6 Å². The number of hydrogen-bond donors (Lipinski definition) is 3. The number of nitrogens with zero attached hydrogens (tertiary/aromatic N) is 3. The predicted octanol–water partition coefficient (Wildman–Crippen LogP) is 1.17. The molecule has 1 aromatic rings. The molecule has 0 saturated heterocycles. The summed E-state index contributed by atoms with van der Waals surface area (Å²) in [4.78, 5) is 23.5. The van der Waals surface area contributed by atoms with Crippen LogP contribution in [0.2, 0.25) is 0 Å². The Kier molecular flexibility index (Phi) is 4.95. The largest absolute Gasteiger partial charge is 0.352 e. The lowest BCUT2D eigenvalue weighted by Crippen LogP contribution is -2.26. The Morgan fingerprint density at radius 2 is 1.88 bits per heavy atom. The number of aromatic nitrogens is 3. The van der Waals surface area contributed by atoms with Gasteiger partial charge in [0.05, 0.1) is 0 Å². The number of thioether (sulfide) groups is 1. The van der Waals surface area contributed by atoms with Gasteiger partial charge in [0, 0.05) is 13.1 Å². The van der Waals surface area contributed by atoms with Crippen molar-refractivity contribution in [3.05, 3.63) is 0 Å². The maximum atomic E-state index is 11.2. The summed E-state index contributed by atoms with van der Waals surface area (Å²) in [5.74, 6) is 0.678. The monoisotopic (exact) mass is 256 g/mol. The molecule has 0 bridgehead atoms. The lowest BCUT2D eigenvalue weighted by Gasteiger charge is -2.10. The summed E-state index contributed by atoms with van der Waals surface area (Å²) in [6.07, 6.45) is 1.86. The van der Waals surface area contributed by atoms with Gasteiger partial charge in [0.15, 0.2) is 5.16 Å². The van der Waals surface area contributed by atoms with Crippen molar-refractivity contribution in [3.63, 3.8) is 0 Å². The molecule has 2 amide bonds. The van der Waals surface area contributed by atoms with Crippen LogP contribution in [0.25, 0.3) is 0 Å². The predicted molar refractivity (Wildman–Crippen MR) is 68.4 cm³/mol. The molecule has 3 N–H and O–H groups in total. The molecule has 0 aromatic carbocycles. The molecule has 0 aliphatic carbocycles. The van der Waals surface area contributed by atoms with Gasteiger partial charge in [-0.25, -0.2) is 4.79 Å². The molecular weight excluding hydrogens is 240 g/mol. The lowest BCUT2D eigenvalue weighted by atomic mass is 10.4. The molecule has 0 radical (unpaired) electrons. The Hall–Kier alpha value is -1.57. The van der Waals surface area contributed by atoms with Crippen LogP contribution in [0.4, 0.5) is 16.7 Å². The molecule has 94 valence electrons. The second-order valence-corrected chi connectivity index (χ2v) is 4.25. The van der Waals surface area contributed by atoms with E-state index >= 15 is 0 Å². The van der Waals surface area contributed by atoms with Gasteiger partial charge in [-0.15, -0.1) is 0 Å². The minimum absolute atomic E-state index is 0.208. The number of carbonyl (C=O) groups excluding carboxylic acids is 1. The van der Waals surface area contributed by atoms with Gasteiger partial charge in [-0.2, -0.15) is 15.0 Å². The van der Waals surface area contributed by atoms with Crippen molar-refractivity contribution in [1.29, 1.82) is 0 Å². The van der Waals surface area contributed by atoms with Crippen molar-refractivity contribution < 1.29 is 4.79 Å². The first-order valence-corrected chi connectivity index (χ1v) is 6.33. The van der Waals surface area contributed by atoms with E-state index in [9.17, 15) is 4.79 Å². The van der Waals surface area contributed by atoms with Gasteiger partial charge >= 0.3 is 6.03 Å². The summed E-state index contributed by atoms with van der Waals surface area (Å²) >= 11 is 1.38. The minimum Gasteiger partial charge on any atom is -0.352 e. The van der Waals surface area contributed by atoms with Crippen LogP contribution in [-0.4, -0.2) is 40.3 Å². The average Bonchev–Trinajstić information content (AvgIpc) is 2.27. The van der Waals surface area contributed by atoms with Gasteiger partial charge in [-0.1, -0.05) is 11.8 Å². The van der Waals surface area contributed by atoms with Gasteiger partial charge in [0.2, 0.25) is 11.9 Å². The van der Waals surface area contributed by atoms with Crippen LogP contribution < -0.4 is 16.0 Å². The Morgan fingerprint density at radius 1 is 1.24 bits per heavy atom. The highest BCUT2D eigenvalue weighted by Gasteiger charge is 2.08. The van der Waals surface area contributed by atoms with Gasteiger partial charge in [0.25, 0.3) is 0 Å². The highest BCUT2D eigenvalue weighted by atomic mass is 32.2. The number of rotatable bonds is 4. The molecule has 0 spiro atoms. The summed E-state index contributed by atoms with van der Waals surface area (Å²) in [7, 11) is 1.53. The molecule has 17 heavy (non-hydrogen) atoms. The average molecular weight is 256 g/mol. The first kappa shape index (κ1) is 13.5. The summed E-state index contributed by atoms with van der Waals surface area (Å²) in [5, 5.41) is 8.56. The highest BCUT2D eigenvalue weighted by Crippen LogP contribution is 2.13. The Bertz CT molecular complexity index is 397. The van der Waals surface area contributed by atoms with E-state index in [-0.39, 0.29) is 18.0 Å². The van der Waals surface area contributed by atoms with Crippen molar-refractivity contribution in [1.82, 2.24) is 20.3 Å². The molecule has 0 atom stereocenters. The van der Waals surface area contributed by atoms with Crippen LogP contribution in [0.5, 0.6) is 0 Å². The van der Waals surface area contributed by atoms with E-state index in [1.165, 1.54) is 18.8 Å². The molecule has 0 aliphatic heterocycles. The SMILES string of the molecule is CNC(=O)Nc1nc(NC(C)C)nc(SC)n1. The third-order valence-corrected chi connectivity index (χ3v) is 2.22. The van der Waals surface area contributed by atoms with Crippen LogP contribution in [0.15, 0.2) is 5.16 Å². The van der Waals surface area contributed by atoms with Crippen molar-refractivity contribution >= 4 is 29.7 Å². The van der Waals surface area contributed by atoms with E-state index in [1.54, 1.807) is 0 Å². The summed E-state index contributed by atoms with van der Waals surface area (Å²) in [6.45, 7) is 3.96. The first-order chi connectivity index (χ1) is 8.05. The third-order valence-electron chi connectivity index (χ3n) is 1.67. The molecule has 1 heterocycles. The van der Waals surface area contributed by atoms with E-state index in [0.717, 1.165) is 0 Å². The fourth-order valence-corrected chi connectivity index (χ4v) is 1.35. The molecule has 0 saturated carbocycles. The zero-order valence-electron chi connectivity index (χ0n) is 10.2. The summed E-state index contributed by atoms with van der Waals surface area (Å²) < 4.78 is 0. The van der Waals surface area contributed by atoms with E-state index in [1.807, 2.05) is 20.1 Å². The quantitative estimate of drug-likeness (QED) is 0.700. The zero-order valence-corrected chi connectivity index (χ0v) is 11.1. The molecule has 8 heteroatoms. The smallest absolute Gasteiger partial charge is 0.321 e. The molecule has 0 fully saturated rings. The molecule has 1 aromatic heterocycles. The number of urea groups is 1. The molecular formula is C9H16N6OS. The van der Waals surface area contributed by atoms with E-state index in [4.69, 9.17) is 0 Å². The molecule has 7 nitrogen and oxygen atoms in total. The van der Waals surface area contributed by atoms with E-state index < -0.39 is 0 Å². The number of hydrogen-bond acceptors (Lipinski definition) is 6. The van der Waals surface area contributed by atoms with Gasteiger partial charge in [-0.05, 0) is 20.1 Å². The summed E-state index contributed by atoms with van der Waals surface area (Å²) in [5.41, 5.74) is 0. The van der Waals surface area contributed by atoms with Crippen LogP contribution in [0.1, 0.15) is 13.8 Å². The van der Waals surface area contributed by atoms with E-state index in [0.29, 0.717) is 11.1 Å². The van der Waals surface area contributed by atoms with Gasteiger partial charge in [0.1, 0.15) is 0 Å². The number of amides is 2. The van der Waals surface area contributed by atoms with Crippen LogP contribution in [0, 0.1) is 0 Å². The highest BCUT2D eigenvalue weighted by molar-refractivity contribution is 7.98. The Balaban J connectivity index is 2.92. The van der Waals surface area contributed by atoms with Crippen molar-refractivity contribution in [2.45, 2.75) is 25.0 Å². The maximum absolute atomic E-state index is 11.2. The van der Waals surface area contributed by atoms with Crippen molar-refractivity contribution in [2.75, 3.05) is 23.9 Å². The second kappa shape index (κ2) is 6.24. The van der Waals surface area contributed by atoms with Gasteiger partial charge in [-0.3, -0.25) is 5.32 Å². The fraction of sp³-hybridized carbons (Fsp3) is 0.556. The normalized spacial score (nSPS) is 10.2. The lowest BCUT2D eigenvalue weighted by molar-refractivity contribution is 0.253. The third kappa shape index (κ3) is 4.43. The minimum atomic E-state index is -0.362. The van der Waals surface area contributed by atoms with Crippen molar-refractivity contribution in [2.24, 2.45) is 0 Å². The zero-order chi connectivity index (χ0) is 12.8. The number of nitrogens with one attached hydrogen (secondary N) is 3. The van der Waals surface area contributed by atoms with Crippen LogP contribution in [-0.2, 0) is 0 Å². The maximum Gasteiger partial charge on any atom is 0.321 e. The molecule has 0 aliphatic rings. The standard InChI is InChI=1S/C9H16N6OS/c1-5(2)11-6-12-7(13-8(16)10-3)15-9(14-6)17-4/h5H,1-4H3,(H3,10,11,12,13,14,15,16). The van der Waals surface area contributed by atoms with Crippen LogP contribution in [0.3, 0.4) is 0 Å². The summed E-state index contributed by atoms with van der Waals surface area (Å²) in [6, 6.07) is -0.154. The van der Waals surface area contributed by atoms with Crippen LogP contribution >= 0.6 is 11.8 Å². The first-order valence-electron chi connectivity index (χ1n) is 5.10. The molecule has 0 unspecified atom stereocenters. The second-order valence-electron chi connectivity index (χ2n) is 3.47. The fourth-order valence-electron chi connectivity index (χ4n) is 0.990. The van der Waals surface area contributed by atoms with Crippen molar-refractivity contribution in [3.8, 4) is 0 Å². The Labute approximate surface area is 104 Å². The van der Waals surface area contributed by atoms with E-state index in [2.05, 4.69) is 30.9 Å².